The molecule has 1 aliphatic rings. The summed E-state index contributed by atoms with van der Waals surface area (Å²) in [6.45, 7) is 7.77. The summed E-state index contributed by atoms with van der Waals surface area (Å²) in [7, 11) is 0. The Bertz CT molecular complexity index is 948. The second-order valence-corrected chi connectivity index (χ2v) is 7.21. The third-order valence-electron chi connectivity index (χ3n) is 5.21. The molecule has 0 atom stereocenters. The number of rotatable bonds is 4. The number of nitrogen functional groups attached to an aromatic ring is 1. The van der Waals surface area contributed by atoms with Gasteiger partial charge in [-0.1, -0.05) is 30.3 Å². The zero-order chi connectivity index (χ0) is 19.5. The van der Waals surface area contributed by atoms with E-state index in [-0.39, 0.29) is 0 Å². The highest BCUT2D eigenvalue weighted by molar-refractivity contribution is 5.79. The Morgan fingerprint density at radius 2 is 1.61 bits per heavy atom. The van der Waals surface area contributed by atoms with Crippen LogP contribution in [0.4, 0.5) is 28.7 Å². The molecule has 0 saturated carbocycles. The number of anilines is 5. The SMILES string of the molecule is Cc1ccc(C)c(Nc2ncnc(N3CCN(c4ccccc4)CC3)c2N)c1. The first-order chi connectivity index (χ1) is 13.6. The molecule has 1 aliphatic heterocycles. The highest BCUT2D eigenvalue weighted by Gasteiger charge is 2.21. The van der Waals surface area contributed by atoms with Gasteiger partial charge in [-0.2, -0.15) is 0 Å². The monoisotopic (exact) mass is 374 g/mol. The molecular weight excluding hydrogens is 348 g/mol. The first-order valence-electron chi connectivity index (χ1n) is 9.61. The van der Waals surface area contributed by atoms with Gasteiger partial charge in [0.2, 0.25) is 0 Å². The van der Waals surface area contributed by atoms with Gasteiger partial charge in [0, 0.05) is 37.6 Å². The lowest BCUT2D eigenvalue weighted by Crippen LogP contribution is -2.47. The number of para-hydroxylation sites is 1. The van der Waals surface area contributed by atoms with Crippen LogP contribution in [-0.2, 0) is 0 Å². The van der Waals surface area contributed by atoms with Crippen LogP contribution in [0.5, 0.6) is 0 Å². The molecule has 0 radical (unpaired) electrons. The van der Waals surface area contributed by atoms with Crippen molar-refractivity contribution >= 4 is 28.7 Å². The van der Waals surface area contributed by atoms with Crippen LogP contribution in [0.25, 0.3) is 0 Å². The van der Waals surface area contributed by atoms with E-state index >= 15 is 0 Å². The lowest BCUT2D eigenvalue weighted by Gasteiger charge is -2.37. The molecule has 144 valence electrons. The second-order valence-electron chi connectivity index (χ2n) is 7.21. The van der Waals surface area contributed by atoms with Gasteiger partial charge in [0.05, 0.1) is 0 Å². The summed E-state index contributed by atoms with van der Waals surface area (Å²) in [5, 5.41) is 3.38. The molecule has 3 aromatic rings. The lowest BCUT2D eigenvalue weighted by atomic mass is 10.1. The van der Waals surface area contributed by atoms with Crippen molar-refractivity contribution in [3.05, 3.63) is 66.0 Å². The molecule has 0 bridgehead atoms. The van der Waals surface area contributed by atoms with E-state index < -0.39 is 0 Å². The van der Waals surface area contributed by atoms with Gasteiger partial charge in [0.25, 0.3) is 0 Å². The van der Waals surface area contributed by atoms with Gasteiger partial charge in [-0.3, -0.25) is 0 Å². The molecule has 1 saturated heterocycles. The number of nitrogens with zero attached hydrogens (tertiary/aromatic N) is 4. The van der Waals surface area contributed by atoms with Gasteiger partial charge in [-0.25, -0.2) is 9.97 Å². The minimum absolute atomic E-state index is 0.594. The molecule has 0 amide bonds. The molecule has 2 aromatic carbocycles. The number of hydrogen-bond acceptors (Lipinski definition) is 6. The van der Waals surface area contributed by atoms with Crippen LogP contribution in [0, 0.1) is 13.8 Å². The van der Waals surface area contributed by atoms with Gasteiger partial charge >= 0.3 is 0 Å². The van der Waals surface area contributed by atoms with E-state index in [9.17, 15) is 0 Å². The van der Waals surface area contributed by atoms with Crippen LogP contribution < -0.4 is 20.9 Å². The van der Waals surface area contributed by atoms with Gasteiger partial charge < -0.3 is 20.9 Å². The smallest absolute Gasteiger partial charge is 0.159 e. The summed E-state index contributed by atoms with van der Waals surface area (Å²) in [6, 6.07) is 16.8. The molecule has 0 unspecified atom stereocenters. The summed E-state index contributed by atoms with van der Waals surface area (Å²) in [4.78, 5) is 13.5. The topological polar surface area (TPSA) is 70.3 Å². The highest BCUT2D eigenvalue weighted by atomic mass is 15.3. The average molecular weight is 374 g/mol. The average Bonchev–Trinajstić information content (AvgIpc) is 2.73. The summed E-state index contributed by atoms with van der Waals surface area (Å²) >= 11 is 0. The van der Waals surface area contributed by atoms with Crippen molar-refractivity contribution in [2.24, 2.45) is 0 Å². The zero-order valence-electron chi connectivity index (χ0n) is 16.4. The minimum Gasteiger partial charge on any atom is -0.393 e. The molecule has 3 N–H and O–H groups in total. The fraction of sp³-hybridized carbons (Fsp3) is 0.273. The molecule has 0 aliphatic carbocycles. The largest absolute Gasteiger partial charge is 0.393 e. The van der Waals surface area contributed by atoms with Crippen molar-refractivity contribution in [3.63, 3.8) is 0 Å². The Hall–Kier alpha value is -3.28. The third kappa shape index (κ3) is 3.71. The molecule has 1 fully saturated rings. The molecule has 0 spiro atoms. The minimum atomic E-state index is 0.594. The number of hydrogen-bond donors (Lipinski definition) is 2. The Kier molecular flexibility index (Phi) is 5.02. The van der Waals surface area contributed by atoms with Gasteiger partial charge in [0.15, 0.2) is 11.6 Å². The Balaban J connectivity index is 1.50. The molecule has 4 rings (SSSR count). The molecule has 1 aromatic heterocycles. The van der Waals surface area contributed by atoms with Crippen LogP contribution in [-0.4, -0.2) is 36.1 Å². The predicted octanol–water partition coefficient (Wildman–Crippen LogP) is 3.75. The summed E-state index contributed by atoms with van der Waals surface area (Å²) in [6.07, 6.45) is 1.59. The Morgan fingerprint density at radius 1 is 0.893 bits per heavy atom. The first-order valence-corrected chi connectivity index (χ1v) is 9.61. The van der Waals surface area contributed by atoms with Gasteiger partial charge in [0.1, 0.15) is 12.0 Å². The van der Waals surface area contributed by atoms with Crippen LogP contribution in [0.1, 0.15) is 11.1 Å². The van der Waals surface area contributed by atoms with Crippen LogP contribution in [0.15, 0.2) is 54.9 Å². The molecule has 2 heterocycles. The zero-order valence-corrected chi connectivity index (χ0v) is 16.4. The van der Waals surface area contributed by atoms with Crippen LogP contribution in [0.2, 0.25) is 0 Å². The van der Waals surface area contributed by atoms with Crippen LogP contribution >= 0.6 is 0 Å². The van der Waals surface area contributed by atoms with E-state index in [1.54, 1.807) is 6.33 Å². The number of aromatic nitrogens is 2. The second kappa shape index (κ2) is 7.76. The van der Waals surface area contributed by atoms with E-state index in [4.69, 9.17) is 5.73 Å². The Morgan fingerprint density at radius 3 is 2.36 bits per heavy atom. The standard InChI is InChI=1S/C22H26N6/c1-16-8-9-17(2)19(14-16)26-21-20(23)22(25-15-24-21)28-12-10-27(11-13-28)18-6-4-3-5-7-18/h3-9,14-15H,10-13,23H2,1-2H3,(H,24,25,26). The maximum atomic E-state index is 6.45. The summed E-state index contributed by atoms with van der Waals surface area (Å²) < 4.78 is 0. The van der Waals surface area contributed by atoms with Crippen LogP contribution in [0.3, 0.4) is 0 Å². The van der Waals surface area contributed by atoms with E-state index in [1.165, 1.54) is 11.3 Å². The lowest BCUT2D eigenvalue weighted by molar-refractivity contribution is 0.647. The number of nitrogens with two attached hydrogens (primary N) is 1. The van der Waals surface area contributed by atoms with E-state index in [1.807, 2.05) is 6.07 Å². The highest BCUT2D eigenvalue weighted by Crippen LogP contribution is 2.30. The number of aryl methyl sites for hydroxylation is 2. The van der Waals surface area contributed by atoms with Crippen molar-refractivity contribution in [1.82, 2.24) is 9.97 Å². The summed E-state index contributed by atoms with van der Waals surface area (Å²) in [5.41, 5.74) is 11.7. The number of benzene rings is 2. The van der Waals surface area contributed by atoms with Crippen molar-refractivity contribution in [2.45, 2.75) is 13.8 Å². The molecule has 6 heteroatoms. The van der Waals surface area contributed by atoms with Crippen molar-refractivity contribution in [1.29, 1.82) is 0 Å². The van der Waals surface area contributed by atoms with Gasteiger partial charge in [-0.05, 0) is 43.2 Å². The van der Waals surface area contributed by atoms with Crippen molar-refractivity contribution in [2.75, 3.05) is 47.0 Å². The van der Waals surface area contributed by atoms with E-state index in [0.717, 1.165) is 43.2 Å². The number of piperazine rings is 1. The van der Waals surface area contributed by atoms with Gasteiger partial charge in [-0.15, -0.1) is 0 Å². The Labute approximate surface area is 166 Å². The van der Waals surface area contributed by atoms with E-state index in [0.29, 0.717) is 11.5 Å². The fourth-order valence-electron chi connectivity index (χ4n) is 3.55. The first kappa shape index (κ1) is 18.1. The fourth-order valence-corrected chi connectivity index (χ4v) is 3.55. The normalized spacial score (nSPS) is 14.2. The maximum Gasteiger partial charge on any atom is 0.159 e. The molecule has 28 heavy (non-hydrogen) atoms. The maximum absolute atomic E-state index is 6.45. The summed E-state index contributed by atoms with van der Waals surface area (Å²) in [5.74, 6) is 1.46. The molecule has 6 nitrogen and oxygen atoms in total. The third-order valence-corrected chi connectivity index (χ3v) is 5.21. The predicted molar refractivity (Wildman–Crippen MR) is 117 cm³/mol. The molecular formula is C22H26N6. The quantitative estimate of drug-likeness (QED) is 0.725. The number of nitrogens with one attached hydrogen (secondary N) is 1. The van der Waals surface area contributed by atoms with E-state index in [2.05, 4.69) is 81.4 Å². The van der Waals surface area contributed by atoms with Crippen molar-refractivity contribution in [3.8, 4) is 0 Å². The van der Waals surface area contributed by atoms with Crippen molar-refractivity contribution < 1.29 is 0 Å².